The van der Waals surface area contributed by atoms with Gasteiger partial charge in [-0.15, -0.1) is 0 Å². The quantitative estimate of drug-likeness (QED) is 0.917. The molecule has 1 atom stereocenters. The molecule has 5 heteroatoms. The van der Waals surface area contributed by atoms with E-state index in [0.717, 1.165) is 28.4 Å². The van der Waals surface area contributed by atoms with E-state index in [1.165, 1.54) is 0 Å². The highest BCUT2D eigenvalue weighted by atomic mass is 15.1. The van der Waals surface area contributed by atoms with Crippen LogP contribution in [0.1, 0.15) is 5.82 Å². The number of aryl methyl sites for hydroxylation is 1. The van der Waals surface area contributed by atoms with Crippen molar-refractivity contribution in [3.63, 3.8) is 0 Å². The average molecular weight is 281 g/mol. The molecule has 0 radical (unpaired) electrons. The fourth-order valence-corrected chi connectivity index (χ4v) is 2.37. The Morgan fingerprint density at radius 1 is 1.19 bits per heavy atom. The number of para-hydroxylation sites is 1. The smallest absolute Gasteiger partial charge is 0.138 e. The van der Waals surface area contributed by atoms with E-state index in [0.29, 0.717) is 6.54 Å². The number of benzene rings is 1. The highest BCUT2D eigenvalue weighted by molar-refractivity contribution is 5.94. The molecule has 0 saturated carbocycles. The first kappa shape index (κ1) is 13.5. The van der Waals surface area contributed by atoms with Crippen molar-refractivity contribution < 1.29 is 0 Å². The first-order valence-corrected chi connectivity index (χ1v) is 7.03. The first-order valence-electron chi connectivity index (χ1n) is 7.03. The van der Waals surface area contributed by atoms with E-state index in [4.69, 9.17) is 0 Å². The van der Waals surface area contributed by atoms with E-state index in [9.17, 15) is 0 Å². The van der Waals surface area contributed by atoms with Crippen LogP contribution in [0.3, 0.4) is 0 Å². The lowest BCUT2D eigenvalue weighted by atomic mass is 10.2. The number of hydrogen-bond donors (Lipinski definition) is 1. The number of likely N-dealkylation sites (N-methyl/N-ethyl adjacent to an activating group) is 1. The summed E-state index contributed by atoms with van der Waals surface area (Å²) in [4.78, 5) is 15.6. The van der Waals surface area contributed by atoms with Gasteiger partial charge < -0.3 is 10.2 Å². The van der Waals surface area contributed by atoms with E-state index in [2.05, 4.69) is 26.4 Å². The number of hydrogen-bond acceptors (Lipinski definition) is 5. The van der Waals surface area contributed by atoms with E-state index in [1.807, 2.05) is 56.3 Å². The predicted molar refractivity (Wildman–Crippen MR) is 86.8 cm³/mol. The Labute approximate surface area is 124 Å². The number of anilines is 1. The van der Waals surface area contributed by atoms with Crippen LogP contribution in [-0.2, 0) is 0 Å². The Kier molecular flexibility index (Phi) is 3.56. The standard InChI is InChI=1S/C16H19N5/c1-11-18-14-7-5-4-6-13(14)16(19-11)20-12-8-9-15(17-10-12)21(2)3/h4-9,12H,10H2,1-3H3,(H,18,19,20). The Morgan fingerprint density at radius 3 is 2.71 bits per heavy atom. The van der Waals surface area contributed by atoms with Crippen molar-refractivity contribution in [2.75, 3.05) is 26.0 Å². The van der Waals surface area contributed by atoms with Crippen LogP contribution in [0.5, 0.6) is 0 Å². The van der Waals surface area contributed by atoms with Gasteiger partial charge in [0.25, 0.3) is 0 Å². The molecule has 108 valence electrons. The van der Waals surface area contributed by atoms with Gasteiger partial charge in [0.05, 0.1) is 18.1 Å². The van der Waals surface area contributed by atoms with E-state index >= 15 is 0 Å². The zero-order valence-electron chi connectivity index (χ0n) is 12.5. The molecule has 1 aromatic carbocycles. The number of amidine groups is 1. The third-order valence-electron chi connectivity index (χ3n) is 3.42. The molecule has 1 N–H and O–H groups in total. The third-order valence-corrected chi connectivity index (χ3v) is 3.42. The van der Waals surface area contributed by atoms with Gasteiger partial charge in [-0.2, -0.15) is 0 Å². The number of fused-ring (bicyclic) bond motifs is 1. The Morgan fingerprint density at radius 2 is 2.00 bits per heavy atom. The highest BCUT2D eigenvalue weighted by Gasteiger charge is 2.13. The zero-order chi connectivity index (χ0) is 14.8. The maximum Gasteiger partial charge on any atom is 0.138 e. The molecule has 0 bridgehead atoms. The second-order valence-corrected chi connectivity index (χ2v) is 5.34. The largest absolute Gasteiger partial charge is 0.363 e. The summed E-state index contributed by atoms with van der Waals surface area (Å²) < 4.78 is 0. The fourth-order valence-electron chi connectivity index (χ4n) is 2.37. The summed E-state index contributed by atoms with van der Waals surface area (Å²) in [5.41, 5.74) is 0.963. The number of nitrogens with one attached hydrogen (secondary N) is 1. The molecule has 1 unspecified atom stereocenters. The summed E-state index contributed by atoms with van der Waals surface area (Å²) in [5, 5.41) is 4.50. The van der Waals surface area contributed by atoms with Crippen molar-refractivity contribution in [3.05, 3.63) is 42.2 Å². The summed E-state index contributed by atoms with van der Waals surface area (Å²) in [6, 6.07) is 8.20. The molecular weight excluding hydrogens is 262 g/mol. The minimum absolute atomic E-state index is 0.159. The number of aliphatic imine (C=N–C) groups is 1. The zero-order valence-corrected chi connectivity index (χ0v) is 12.5. The SMILES string of the molecule is Cc1nc(NC2C=CC(N(C)C)=NC2)c2ccccc2n1. The van der Waals surface area contributed by atoms with Crippen molar-refractivity contribution >= 4 is 22.6 Å². The van der Waals surface area contributed by atoms with E-state index in [1.54, 1.807) is 0 Å². The molecule has 2 heterocycles. The lowest BCUT2D eigenvalue weighted by Gasteiger charge is -2.21. The van der Waals surface area contributed by atoms with Crippen molar-refractivity contribution in [3.8, 4) is 0 Å². The van der Waals surface area contributed by atoms with Crippen LogP contribution >= 0.6 is 0 Å². The fraction of sp³-hybridized carbons (Fsp3) is 0.312. The molecule has 21 heavy (non-hydrogen) atoms. The van der Waals surface area contributed by atoms with Crippen LogP contribution in [0, 0.1) is 6.92 Å². The normalized spacial score (nSPS) is 17.7. The second-order valence-electron chi connectivity index (χ2n) is 5.34. The molecule has 5 nitrogen and oxygen atoms in total. The third kappa shape index (κ3) is 2.86. The van der Waals surface area contributed by atoms with E-state index < -0.39 is 0 Å². The number of nitrogens with zero attached hydrogens (tertiary/aromatic N) is 4. The lowest BCUT2D eigenvalue weighted by Crippen LogP contribution is -2.29. The maximum atomic E-state index is 4.56. The van der Waals surface area contributed by atoms with Crippen molar-refractivity contribution in [2.45, 2.75) is 13.0 Å². The van der Waals surface area contributed by atoms with Crippen molar-refractivity contribution in [2.24, 2.45) is 4.99 Å². The molecule has 1 aromatic heterocycles. The minimum atomic E-state index is 0.159. The van der Waals surface area contributed by atoms with E-state index in [-0.39, 0.29) is 6.04 Å². The Hall–Kier alpha value is -2.43. The molecule has 0 amide bonds. The predicted octanol–water partition coefficient (Wildman–Crippen LogP) is 2.25. The summed E-state index contributed by atoms with van der Waals surface area (Å²) in [6.45, 7) is 2.62. The van der Waals surface area contributed by atoms with Gasteiger partial charge in [0.15, 0.2) is 0 Å². The van der Waals surface area contributed by atoms with Gasteiger partial charge in [-0.25, -0.2) is 9.97 Å². The minimum Gasteiger partial charge on any atom is -0.363 e. The molecule has 1 aliphatic heterocycles. The van der Waals surface area contributed by atoms with Crippen LogP contribution in [0.15, 0.2) is 41.4 Å². The monoisotopic (exact) mass is 281 g/mol. The van der Waals surface area contributed by atoms with Gasteiger partial charge in [0.2, 0.25) is 0 Å². The molecule has 0 spiro atoms. The van der Waals surface area contributed by atoms with Crippen molar-refractivity contribution in [1.82, 2.24) is 14.9 Å². The van der Waals surface area contributed by atoms with Crippen LogP contribution in [-0.4, -0.2) is 47.4 Å². The molecule has 2 aromatic rings. The van der Waals surface area contributed by atoms with Crippen LogP contribution in [0.4, 0.5) is 5.82 Å². The number of rotatable bonds is 2. The van der Waals surface area contributed by atoms with Crippen LogP contribution in [0.2, 0.25) is 0 Å². The van der Waals surface area contributed by atoms with Crippen LogP contribution < -0.4 is 5.32 Å². The molecule has 0 saturated heterocycles. The maximum absolute atomic E-state index is 4.56. The van der Waals surface area contributed by atoms with Crippen LogP contribution in [0.25, 0.3) is 10.9 Å². The van der Waals surface area contributed by atoms with Gasteiger partial charge in [0, 0.05) is 19.5 Å². The van der Waals surface area contributed by atoms with Gasteiger partial charge in [-0.05, 0) is 25.1 Å². The summed E-state index contributed by atoms with van der Waals surface area (Å²) in [7, 11) is 4.00. The molecule has 0 aliphatic carbocycles. The summed E-state index contributed by atoms with van der Waals surface area (Å²) in [5.74, 6) is 2.64. The van der Waals surface area contributed by atoms with Gasteiger partial charge in [-0.3, -0.25) is 4.99 Å². The number of dihydropyridines is 1. The molecule has 0 fully saturated rings. The first-order chi connectivity index (χ1) is 10.1. The summed E-state index contributed by atoms with van der Waals surface area (Å²) >= 11 is 0. The number of aromatic nitrogens is 2. The highest BCUT2D eigenvalue weighted by Crippen LogP contribution is 2.21. The Bertz CT molecular complexity index is 718. The van der Waals surface area contributed by atoms with Gasteiger partial charge in [-0.1, -0.05) is 18.2 Å². The van der Waals surface area contributed by atoms with Crippen molar-refractivity contribution in [1.29, 1.82) is 0 Å². The molecule has 1 aliphatic rings. The topological polar surface area (TPSA) is 53.4 Å². The van der Waals surface area contributed by atoms with Gasteiger partial charge in [0.1, 0.15) is 17.5 Å². The Balaban J connectivity index is 1.85. The summed E-state index contributed by atoms with van der Waals surface area (Å²) in [6.07, 6.45) is 4.17. The lowest BCUT2D eigenvalue weighted by molar-refractivity contribution is 0.616. The molecule has 3 rings (SSSR count). The molecular formula is C16H19N5. The second kappa shape index (κ2) is 5.52. The average Bonchev–Trinajstić information content (AvgIpc) is 2.47. The van der Waals surface area contributed by atoms with Gasteiger partial charge >= 0.3 is 0 Å².